The van der Waals surface area contributed by atoms with Crippen molar-refractivity contribution in [2.75, 3.05) is 0 Å². The van der Waals surface area contributed by atoms with E-state index in [0.717, 1.165) is 15.5 Å². The molecule has 0 fully saturated rings. The van der Waals surface area contributed by atoms with Crippen LogP contribution in [0.25, 0.3) is 11.0 Å². The minimum absolute atomic E-state index is 0.0160. The molecule has 1 unspecified atom stereocenters. The SMILES string of the molecule is [2H]C1([Se]c2ccccc2)c2ccccc2Cn2c(nc3ccccc32)S1(=O)=O. The molecule has 4 aromatic rings. The number of hydrogen-bond donors (Lipinski definition) is 0. The zero-order chi connectivity index (χ0) is 19.4. The average molecular weight is 440 g/mol. The van der Waals surface area contributed by atoms with Crippen molar-refractivity contribution in [3.05, 3.63) is 90.0 Å². The number of benzene rings is 3. The van der Waals surface area contributed by atoms with Crippen LogP contribution in [-0.4, -0.2) is 32.9 Å². The Morgan fingerprint density at radius 1 is 0.963 bits per heavy atom. The molecular formula is C21H16N2O2SSe. The van der Waals surface area contributed by atoms with Crippen LogP contribution >= 0.6 is 0 Å². The Bertz CT molecular complexity index is 1300. The number of rotatable bonds is 2. The first kappa shape index (κ1) is 15.6. The molecule has 0 aliphatic carbocycles. The molecule has 0 radical (unpaired) electrons. The van der Waals surface area contributed by atoms with Crippen LogP contribution < -0.4 is 4.46 Å². The van der Waals surface area contributed by atoms with Crippen LogP contribution in [0.5, 0.6) is 0 Å². The third-order valence-corrected chi connectivity index (χ3v) is 9.85. The molecule has 0 N–H and O–H groups in total. The van der Waals surface area contributed by atoms with E-state index in [1.54, 1.807) is 10.6 Å². The van der Waals surface area contributed by atoms with Gasteiger partial charge in [0.2, 0.25) is 0 Å². The van der Waals surface area contributed by atoms with Crippen LogP contribution in [0.15, 0.2) is 84.0 Å². The summed E-state index contributed by atoms with van der Waals surface area (Å²) in [6.07, 6.45) is 0. The van der Waals surface area contributed by atoms with Crippen molar-refractivity contribution in [3.8, 4) is 0 Å². The summed E-state index contributed by atoms with van der Waals surface area (Å²) in [7, 11) is -4.05. The fourth-order valence-corrected chi connectivity index (χ4v) is 8.18. The average Bonchev–Trinajstić information content (AvgIpc) is 3.05. The van der Waals surface area contributed by atoms with Crippen LogP contribution in [0.2, 0.25) is 0 Å². The third kappa shape index (κ3) is 2.72. The minimum atomic E-state index is -4.05. The van der Waals surface area contributed by atoms with E-state index >= 15 is 0 Å². The summed E-state index contributed by atoms with van der Waals surface area (Å²) in [5.74, 6) is 0. The van der Waals surface area contributed by atoms with Crippen LogP contribution in [-0.2, 0) is 16.4 Å². The van der Waals surface area contributed by atoms with E-state index < -0.39 is 28.9 Å². The van der Waals surface area contributed by atoms with Gasteiger partial charge in [0.05, 0.1) is 0 Å². The number of nitrogens with zero attached hydrogens (tertiary/aromatic N) is 2. The first-order valence-electron chi connectivity index (χ1n) is 9.03. The fraction of sp³-hybridized carbons (Fsp3) is 0.0952. The van der Waals surface area contributed by atoms with E-state index in [-0.39, 0.29) is 5.16 Å². The van der Waals surface area contributed by atoms with E-state index in [1.807, 2.05) is 72.8 Å². The summed E-state index contributed by atoms with van der Waals surface area (Å²) in [5.41, 5.74) is 2.80. The van der Waals surface area contributed by atoms with Gasteiger partial charge in [0, 0.05) is 0 Å². The normalized spacial score (nSPS) is 21.1. The van der Waals surface area contributed by atoms with Gasteiger partial charge in [-0.3, -0.25) is 0 Å². The summed E-state index contributed by atoms with van der Waals surface area (Å²) < 4.78 is 37.7. The van der Waals surface area contributed by atoms with Crippen molar-refractivity contribution in [1.82, 2.24) is 9.55 Å². The Morgan fingerprint density at radius 3 is 2.52 bits per heavy atom. The van der Waals surface area contributed by atoms with Gasteiger partial charge < -0.3 is 0 Å². The number of aromatic nitrogens is 2. The summed E-state index contributed by atoms with van der Waals surface area (Å²) in [6, 6.07) is 24.2. The second-order valence-corrected chi connectivity index (χ2v) is 11.0. The first-order valence-corrected chi connectivity index (χ1v) is 11.7. The molecular weight excluding hydrogens is 423 g/mol. The van der Waals surface area contributed by atoms with Crippen LogP contribution in [0, 0.1) is 0 Å². The van der Waals surface area contributed by atoms with Gasteiger partial charge in [-0.05, 0) is 0 Å². The Balaban J connectivity index is 1.83. The van der Waals surface area contributed by atoms with Gasteiger partial charge in [-0.2, -0.15) is 0 Å². The van der Waals surface area contributed by atoms with Crippen LogP contribution in [0.4, 0.5) is 0 Å². The first-order chi connectivity index (χ1) is 13.5. The van der Waals surface area contributed by atoms with E-state index in [4.69, 9.17) is 0 Å². The van der Waals surface area contributed by atoms with Crippen molar-refractivity contribution in [1.29, 1.82) is 0 Å². The Kier molecular flexibility index (Phi) is 3.67. The summed E-state index contributed by atoms with van der Waals surface area (Å²) in [4.78, 5) is 4.45. The van der Waals surface area contributed by atoms with E-state index in [9.17, 15) is 9.79 Å². The molecule has 4 nitrogen and oxygen atoms in total. The Labute approximate surface area is 165 Å². The zero-order valence-corrected chi connectivity index (χ0v) is 16.8. The van der Waals surface area contributed by atoms with Gasteiger partial charge in [0.1, 0.15) is 0 Å². The van der Waals surface area contributed by atoms with E-state index in [2.05, 4.69) is 4.98 Å². The second kappa shape index (κ2) is 6.34. The standard InChI is InChI=1S/C21H16N2O2SSe/c24-26(25)20(27-16-9-2-1-3-10-16)17-11-5-4-8-15(17)14-23-19-13-7-6-12-18(19)22-21(23)26/h1-13,20H,14H2/i20D. The topological polar surface area (TPSA) is 52.0 Å². The molecule has 0 amide bonds. The summed E-state index contributed by atoms with van der Waals surface area (Å²) in [5, 5.41) is -0.0160. The molecule has 0 saturated carbocycles. The van der Waals surface area contributed by atoms with Gasteiger partial charge >= 0.3 is 165 Å². The van der Waals surface area contributed by atoms with Crippen molar-refractivity contribution < 1.29 is 9.79 Å². The summed E-state index contributed by atoms with van der Waals surface area (Å²) >= 11 is -0.656. The maximum atomic E-state index is 13.8. The third-order valence-electron chi connectivity index (χ3n) is 4.62. The number of hydrogen-bond acceptors (Lipinski definition) is 3. The number of imidazole rings is 1. The van der Waals surface area contributed by atoms with Crippen molar-refractivity contribution >= 4 is 40.3 Å². The van der Waals surface area contributed by atoms with E-state index in [0.29, 0.717) is 17.6 Å². The quantitative estimate of drug-likeness (QED) is 0.451. The Hall–Kier alpha value is -2.40. The van der Waals surface area contributed by atoms with Crippen molar-refractivity contribution in [2.24, 2.45) is 0 Å². The van der Waals surface area contributed by atoms with Crippen molar-refractivity contribution in [2.45, 2.75) is 15.8 Å². The molecule has 1 aromatic heterocycles. The summed E-state index contributed by atoms with van der Waals surface area (Å²) in [6.45, 7) is 0.386. The molecule has 1 aliphatic rings. The molecule has 3 aromatic carbocycles. The number of fused-ring (bicyclic) bond motifs is 4. The zero-order valence-electron chi connectivity index (χ0n) is 15.2. The molecule has 134 valence electrons. The van der Waals surface area contributed by atoms with E-state index in [1.165, 1.54) is 0 Å². The molecule has 5 rings (SSSR count). The molecule has 1 atom stereocenters. The van der Waals surface area contributed by atoms with Crippen molar-refractivity contribution in [3.63, 3.8) is 0 Å². The van der Waals surface area contributed by atoms with Gasteiger partial charge in [-0.25, -0.2) is 0 Å². The van der Waals surface area contributed by atoms with Gasteiger partial charge in [0.25, 0.3) is 0 Å². The number of para-hydroxylation sites is 2. The van der Waals surface area contributed by atoms with Crippen LogP contribution in [0.1, 0.15) is 16.6 Å². The monoisotopic (exact) mass is 441 g/mol. The molecule has 0 saturated heterocycles. The molecule has 2 heterocycles. The Morgan fingerprint density at radius 2 is 1.67 bits per heavy atom. The predicted octanol–water partition coefficient (Wildman–Crippen LogP) is 2.90. The van der Waals surface area contributed by atoms with Crippen LogP contribution in [0.3, 0.4) is 0 Å². The maximum absolute atomic E-state index is 13.8. The predicted molar refractivity (Wildman–Crippen MR) is 107 cm³/mol. The second-order valence-electron chi connectivity index (χ2n) is 6.33. The molecule has 0 spiro atoms. The van der Waals surface area contributed by atoms with Gasteiger partial charge in [0.15, 0.2) is 0 Å². The fourth-order valence-electron chi connectivity index (χ4n) is 3.37. The van der Waals surface area contributed by atoms with Gasteiger partial charge in [-0.1, -0.05) is 0 Å². The molecule has 6 heteroatoms. The van der Waals surface area contributed by atoms with Gasteiger partial charge in [-0.15, -0.1) is 0 Å². The molecule has 27 heavy (non-hydrogen) atoms. The molecule has 0 bridgehead atoms. The molecule has 1 aliphatic heterocycles. The number of sulfone groups is 1.